The van der Waals surface area contributed by atoms with Crippen LogP contribution in [0.5, 0.6) is 0 Å². The van der Waals surface area contributed by atoms with E-state index < -0.39 is 0 Å². The number of aliphatic hydroxyl groups excluding tert-OH is 1. The summed E-state index contributed by atoms with van der Waals surface area (Å²) in [6.07, 6.45) is 6.97. The Hall–Kier alpha value is -1.29. The maximum absolute atomic E-state index is 12.2. The number of rotatable bonds is 5. The normalized spacial score (nSPS) is 16.4. The van der Waals surface area contributed by atoms with Gasteiger partial charge in [-0.2, -0.15) is 0 Å². The second-order valence-electron chi connectivity index (χ2n) is 5.78. The summed E-state index contributed by atoms with van der Waals surface area (Å²) in [5.41, 5.74) is 3.05. The monoisotopic (exact) mass is 278 g/mol. The molecule has 0 unspecified atom stereocenters. The topological polar surface area (TPSA) is 54.3 Å². The number of aromatic nitrogens is 1. The molecule has 4 nitrogen and oxygen atoms in total. The molecule has 1 heterocycles. The van der Waals surface area contributed by atoms with E-state index in [0.717, 1.165) is 11.3 Å². The van der Waals surface area contributed by atoms with Crippen molar-refractivity contribution in [1.29, 1.82) is 0 Å². The molecule has 1 saturated carbocycles. The predicted molar refractivity (Wildman–Crippen MR) is 80.1 cm³/mol. The van der Waals surface area contributed by atoms with E-state index in [0.29, 0.717) is 19.0 Å². The van der Waals surface area contributed by atoms with Crippen LogP contribution in [0.25, 0.3) is 0 Å². The van der Waals surface area contributed by atoms with Crippen molar-refractivity contribution >= 4 is 5.91 Å². The highest BCUT2D eigenvalue weighted by molar-refractivity contribution is 5.95. The summed E-state index contributed by atoms with van der Waals surface area (Å²) in [5.74, 6) is -0.0198. The van der Waals surface area contributed by atoms with Gasteiger partial charge in [-0.1, -0.05) is 19.3 Å². The fraction of sp³-hybridized carbons (Fsp3) is 0.688. The summed E-state index contributed by atoms with van der Waals surface area (Å²) in [6, 6.07) is 2.56. The SMILES string of the molecule is Cc1cc(C(=O)NCCCO)c(C)n1C1CCCCC1. The Morgan fingerprint density at radius 2 is 2.05 bits per heavy atom. The van der Waals surface area contributed by atoms with Crippen molar-refractivity contribution in [1.82, 2.24) is 9.88 Å². The van der Waals surface area contributed by atoms with Gasteiger partial charge >= 0.3 is 0 Å². The second-order valence-corrected chi connectivity index (χ2v) is 5.78. The molecular formula is C16H26N2O2. The van der Waals surface area contributed by atoms with E-state index >= 15 is 0 Å². The van der Waals surface area contributed by atoms with Crippen molar-refractivity contribution in [3.05, 3.63) is 23.0 Å². The summed E-state index contributed by atoms with van der Waals surface area (Å²) < 4.78 is 2.35. The van der Waals surface area contributed by atoms with Crippen LogP contribution in [-0.4, -0.2) is 28.7 Å². The molecule has 2 N–H and O–H groups in total. The van der Waals surface area contributed by atoms with Crippen molar-refractivity contribution in [2.75, 3.05) is 13.2 Å². The van der Waals surface area contributed by atoms with Gasteiger partial charge in [0, 0.05) is 30.6 Å². The third-order valence-corrected chi connectivity index (χ3v) is 4.29. The van der Waals surface area contributed by atoms with Crippen molar-refractivity contribution in [3.8, 4) is 0 Å². The van der Waals surface area contributed by atoms with E-state index in [-0.39, 0.29) is 12.5 Å². The summed E-state index contributed by atoms with van der Waals surface area (Å²) in [5, 5.41) is 11.6. The Kier molecular flexibility index (Phi) is 5.24. The van der Waals surface area contributed by atoms with Gasteiger partial charge in [0.1, 0.15) is 0 Å². The van der Waals surface area contributed by atoms with E-state index in [4.69, 9.17) is 5.11 Å². The molecule has 1 fully saturated rings. The number of aryl methyl sites for hydroxylation is 1. The molecule has 1 aliphatic carbocycles. The number of carbonyl (C=O) groups is 1. The molecule has 20 heavy (non-hydrogen) atoms. The molecule has 0 spiro atoms. The fourth-order valence-corrected chi connectivity index (χ4v) is 3.28. The minimum absolute atomic E-state index is 0.0198. The van der Waals surface area contributed by atoms with Crippen LogP contribution >= 0.6 is 0 Å². The molecule has 0 atom stereocenters. The molecule has 0 aromatic carbocycles. The zero-order valence-corrected chi connectivity index (χ0v) is 12.6. The molecule has 1 aromatic heterocycles. The summed E-state index contributed by atoms with van der Waals surface area (Å²) >= 11 is 0. The quantitative estimate of drug-likeness (QED) is 0.814. The number of nitrogens with zero attached hydrogens (tertiary/aromatic N) is 1. The molecule has 0 radical (unpaired) electrons. The molecular weight excluding hydrogens is 252 g/mol. The highest BCUT2D eigenvalue weighted by Crippen LogP contribution is 2.32. The van der Waals surface area contributed by atoms with Gasteiger partial charge in [-0.15, -0.1) is 0 Å². The van der Waals surface area contributed by atoms with Gasteiger partial charge in [-0.05, 0) is 39.2 Å². The molecule has 1 aliphatic rings. The third-order valence-electron chi connectivity index (χ3n) is 4.29. The maximum Gasteiger partial charge on any atom is 0.253 e. The zero-order chi connectivity index (χ0) is 14.5. The summed E-state index contributed by atoms with van der Waals surface area (Å²) in [7, 11) is 0. The van der Waals surface area contributed by atoms with Gasteiger partial charge < -0.3 is 15.0 Å². The molecule has 4 heteroatoms. The van der Waals surface area contributed by atoms with Crippen LogP contribution in [0.2, 0.25) is 0 Å². The zero-order valence-electron chi connectivity index (χ0n) is 12.6. The van der Waals surface area contributed by atoms with Gasteiger partial charge in [0.15, 0.2) is 0 Å². The lowest BCUT2D eigenvalue weighted by Gasteiger charge is -2.26. The van der Waals surface area contributed by atoms with Crippen LogP contribution in [0.4, 0.5) is 0 Å². The minimum atomic E-state index is -0.0198. The van der Waals surface area contributed by atoms with E-state index in [1.165, 1.54) is 37.8 Å². The van der Waals surface area contributed by atoms with Gasteiger partial charge in [0.2, 0.25) is 0 Å². The van der Waals surface area contributed by atoms with Crippen LogP contribution in [0.15, 0.2) is 6.07 Å². The first-order chi connectivity index (χ1) is 9.65. The number of hydrogen-bond acceptors (Lipinski definition) is 2. The lowest BCUT2D eigenvalue weighted by atomic mass is 9.95. The largest absolute Gasteiger partial charge is 0.396 e. The lowest BCUT2D eigenvalue weighted by molar-refractivity contribution is 0.0950. The molecule has 112 valence electrons. The third kappa shape index (κ3) is 3.23. The van der Waals surface area contributed by atoms with E-state index in [1.54, 1.807) is 0 Å². The number of carbonyl (C=O) groups excluding carboxylic acids is 1. The molecule has 2 rings (SSSR count). The Bertz CT molecular complexity index is 459. The van der Waals surface area contributed by atoms with Crippen LogP contribution in [-0.2, 0) is 0 Å². The van der Waals surface area contributed by atoms with Gasteiger partial charge in [0.25, 0.3) is 5.91 Å². The standard InChI is InChI=1S/C16H26N2O2/c1-12-11-15(16(20)17-9-6-10-19)13(2)18(12)14-7-4-3-5-8-14/h11,14,19H,3-10H2,1-2H3,(H,17,20). The van der Waals surface area contributed by atoms with Crippen LogP contribution < -0.4 is 5.32 Å². The first kappa shape index (κ1) is 15.1. The maximum atomic E-state index is 12.2. The smallest absolute Gasteiger partial charge is 0.253 e. The van der Waals surface area contributed by atoms with Crippen LogP contribution in [0.1, 0.15) is 66.3 Å². The average Bonchev–Trinajstić information content (AvgIpc) is 2.75. The highest BCUT2D eigenvalue weighted by atomic mass is 16.3. The molecule has 1 aromatic rings. The summed E-state index contributed by atoms with van der Waals surface area (Å²) in [6.45, 7) is 4.78. The molecule has 1 amide bonds. The number of hydrogen-bond donors (Lipinski definition) is 2. The van der Waals surface area contributed by atoms with E-state index in [1.807, 2.05) is 13.0 Å². The molecule has 0 aliphatic heterocycles. The van der Waals surface area contributed by atoms with Crippen molar-refractivity contribution in [2.24, 2.45) is 0 Å². The van der Waals surface area contributed by atoms with Gasteiger partial charge in [-0.3, -0.25) is 4.79 Å². The second kappa shape index (κ2) is 6.93. The first-order valence-corrected chi connectivity index (χ1v) is 7.72. The van der Waals surface area contributed by atoms with E-state index in [2.05, 4.69) is 16.8 Å². The number of aliphatic hydroxyl groups is 1. The van der Waals surface area contributed by atoms with Gasteiger partial charge in [0.05, 0.1) is 5.56 Å². The average molecular weight is 278 g/mol. The van der Waals surface area contributed by atoms with Gasteiger partial charge in [-0.25, -0.2) is 0 Å². The highest BCUT2D eigenvalue weighted by Gasteiger charge is 2.22. The molecule has 0 bridgehead atoms. The minimum Gasteiger partial charge on any atom is -0.396 e. The lowest BCUT2D eigenvalue weighted by Crippen LogP contribution is -2.25. The van der Waals surface area contributed by atoms with Crippen molar-refractivity contribution in [3.63, 3.8) is 0 Å². The number of nitrogens with one attached hydrogen (secondary N) is 1. The molecule has 0 saturated heterocycles. The summed E-state index contributed by atoms with van der Waals surface area (Å²) in [4.78, 5) is 12.2. The fourth-order valence-electron chi connectivity index (χ4n) is 3.28. The van der Waals surface area contributed by atoms with Crippen molar-refractivity contribution < 1.29 is 9.90 Å². The van der Waals surface area contributed by atoms with Crippen molar-refractivity contribution in [2.45, 2.75) is 58.4 Å². The van der Waals surface area contributed by atoms with Crippen LogP contribution in [0, 0.1) is 13.8 Å². The first-order valence-electron chi connectivity index (χ1n) is 7.72. The van der Waals surface area contributed by atoms with Crippen LogP contribution in [0.3, 0.4) is 0 Å². The predicted octanol–water partition coefficient (Wildman–Crippen LogP) is 2.72. The number of amides is 1. The Balaban J connectivity index is 2.13. The Morgan fingerprint density at radius 3 is 2.70 bits per heavy atom. The van der Waals surface area contributed by atoms with E-state index in [9.17, 15) is 4.79 Å². The Labute approximate surface area is 121 Å². The Morgan fingerprint density at radius 1 is 1.35 bits per heavy atom.